The molecule has 2 aromatic carbocycles. The summed E-state index contributed by atoms with van der Waals surface area (Å²) in [5.41, 5.74) is 2.71. The molecule has 3 rings (SSSR count). The van der Waals surface area contributed by atoms with Crippen molar-refractivity contribution < 1.29 is 9.90 Å². The summed E-state index contributed by atoms with van der Waals surface area (Å²) in [5, 5.41) is 14.5. The van der Waals surface area contributed by atoms with Gasteiger partial charge in [0.1, 0.15) is 5.75 Å². The van der Waals surface area contributed by atoms with Crippen molar-refractivity contribution in [3.8, 4) is 5.75 Å². The Balaban J connectivity index is 1.79. The number of phenolic OH excluding ortho intramolecular Hbond substituents is 1. The van der Waals surface area contributed by atoms with E-state index in [1.54, 1.807) is 18.2 Å². The molecule has 0 saturated heterocycles. The van der Waals surface area contributed by atoms with Crippen molar-refractivity contribution in [3.05, 3.63) is 82.0 Å². The summed E-state index contributed by atoms with van der Waals surface area (Å²) in [5.74, 6) is -0.0128. The molecule has 0 aliphatic heterocycles. The molecule has 2 N–H and O–H groups in total. The van der Waals surface area contributed by atoms with Crippen LogP contribution in [0.4, 0.5) is 5.69 Å². The van der Waals surface area contributed by atoms with Gasteiger partial charge in [-0.1, -0.05) is 36.4 Å². The Morgan fingerprint density at radius 1 is 1.00 bits per heavy atom. The van der Waals surface area contributed by atoms with Gasteiger partial charge >= 0.3 is 0 Å². The van der Waals surface area contributed by atoms with Crippen LogP contribution in [0.5, 0.6) is 5.75 Å². The molecule has 1 aromatic heterocycles. The molecular weight excluding hydrogens is 294 g/mol. The third-order valence-corrected chi connectivity index (χ3v) is 4.10. The number of carbonyl (C=O) groups is 1. The fourth-order valence-corrected chi connectivity index (χ4v) is 2.90. The molecule has 0 radical (unpaired) electrons. The Labute approximate surface area is 132 Å². The van der Waals surface area contributed by atoms with Crippen molar-refractivity contribution in [2.45, 2.75) is 6.42 Å². The van der Waals surface area contributed by atoms with Gasteiger partial charge in [-0.2, -0.15) is 0 Å². The highest BCUT2D eigenvalue weighted by molar-refractivity contribution is 7.12. The van der Waals surface area contributed by atoms with E-state index in [0.717, 1.165) is 11.1 Å². The first-order chi connectivity index (χ1) is 10.7. The maximum atomic E-state index is 12.1. The Bertz CT molecular complexity index is 767. The lowest BCUT2D eigenvalue weighted by molar-refractivity contribution is 0.103. The quantitative estimate of drug-likeness (QED) is 0.755. The van der Waals surface area contributed by atoms with E-state index in [4.69, 9.17) is 0 Å². The molecule has 0 unspecified atom stereocenters. The summed E-state index contributed by atoms with van der Waals surface area (Å²) >= 11 is 1.39. The van der Waals surface area contributed by atoms with E-state index in [1.807, 2.05) is 47.8 Å². The maximum absolute atomic E-state index is 12.1. The predicted octanol–water partition coefficient (Wildman–Crippen LogP) is 4.30. The monoisotopic (exact) mass is 309 g/mol. The van der Waals surface area contributed by atoms with Crippen molar-refractivity contribution in [1.82, 2.24) is 0 Å². The molecule has 0 aliphatic carbocycles. The van der Waals surface area contributed by atoms with Gasteiger partial charge in [-0.05, 0) is 41.1 Å². The van der Waals surface area contributed by atoms with Crippen molar-refractivity contribution in [2.75, 3.05) is 5.32 Å². The van der Waals surface area contributed by atoms with Gasteiger partial charge in [0.05, 0.1) is 4.88 Å². The number of anilines is 1. The molecule has 0 bridgehead atoms. The van der Waals surface area contributed by atoms with Gasteiger partial charge in [-0.25, -0.2) is 0 Å². The van der Waals surface area contributed by atoms with Crippen molar-refractivity contribution in [1.29, 1.82) is 0 Å². The van der Waals surface area contributed by atoms with E-state index in [2.05, 4.69) is 5.32 Å². The smallest absolute Gasteiger partial charge is 0.265 e. The minimum Gasteiger partial charge on any atom is -0.508 e. The van der Waals surface area contributed by atoms with Crippen LogP contribution < -0.4 is 5.32 Å². The summed E-state index contributed by atoms with van der Waals surface area (Å²) in [7, 11) is 0. The fraction of sp³-hybridized carbons (Fsp3) is 0.0556. The minimum atomic E-state index is -0.161. The highest BCUT2D eigenvalue weighted by Crippen LogP contribution is 2.23. The molecule has 3 aromatic rings. The lowest BCUT2D eigenvalue weighted by Gasteiger charge is -2.08. The summed E-state index contributed by atoms with van der Waals surface area (Å²) in [4.78, 5) is 12.7. The summed E-state index contributed by atoms with van der Waals surface area (Å²) in [6.45, 7) is 0. The van der Waals surface area contributed by atoms with Crippen LogP contribution in [0.2, 0.25) is 0 Å². The van der Waals surface area contributed by atoms with E-state index >= 15 is 0 Å². The first-order valence-electron chi connectivity index (χ1n) is 6.92. The van der Waals surface area contributed by atoms with Crippen LogP contribution in [0.1, 0.15) is 20.8 Å². The molecule has 22 heavy (non-hydrogen) atoms. The molecule has 0 atom stereocenters. The molecule has 4 heteroatoms. The molecule has 1 amide bonds. The van der Waals surface area contributed by atoms with Gasteiger partial charge in [0.15, 0.2) is 0 Å². The summed E-state index contributed by atoms with van der Waals surface area (Å²) in [6.07, 6.45) is 0.705. The zero-order chi connectivity index (χ0) is 15.4. The number of nitrogens with one attached hydrogen (secondary N) is 1. The molecule has 110 valence electrons. The Kier molecular flexibility index (Phi) is 4.21. The van der Waals surface area contributed by atoms with Crippen molar-refractivity contribution in [3.63, 3.8) is 0 Å². The zero-order valence-corrected chi connectivity index (χ0v) is 12.6. The zero-order valence-electron chi connectivity index (χ0n) is 11.8. The highest BCUT2D eigenvalue weighted by Gasteiger charge is 2.08. The first-order valence-corrected chi connectivity index (χ1v) is 7.80. The predicted molar refractivity (Wildman–Crippen MR) is 89.6 cm³/mol. The van der Waals surface area contributed by atoms with Crippen molar-refractivity contribution in [2.24, 2.45) is 0 Å². The summed E-state index contributed by atoms with van der Waals surface area (Å²) in [6, 6.07) is 18.8. The van der Waals surface area contributed by atoms with E-state index in [1.165, 1.54) is 11.3 Å². The highest BCUT2D eigenvalue weighted by atomic mass is 32.1. The second kappa shape index (κ2) is 6.45. The number of benzene rings is 2. The molecule has 0 fully saturated rings. The van der Waals surface area contributed by atoms with Crippen molar-refractivity contribution >= 4 is 22.9 Å². The van der Waals surface area contributed by atoms with Gasteiger partial charge in [0.2, 0.25) is 0 Å². The molecular formula is C18H15NO2S. The molecule has 0 saturated carbocycles. The van der Waals surface area contributed by atoms with E-state index in [-0.39, 0.29) is 11.7 Å². The Morgan fingerprint density at radius 3 is 2.55 bits per heavy atom. The van der Waals surface area contributed by atoms with Crippen LogP contribution >= 0.6 is 11.3 Å². The first kappa shape index (κ1) is 14.4. The van der Waals surface area contributed by atoms with Gasteiger partial charge in [0, 0.05) is 11.8 Å². The molecule has 1 heterocycles. The minimum absolute atomic E-state index is 0.148. The lowest BCUT2D eigenvalue weighted by Crippen LogP contribution is -2.10. The van der Waals surface area contributed by atoms with E-state index < -0.39 is 0 Å². The van der Waals surface area contributed by atoms with Crippen LogP contribution in [0, 0.1) is 0 Å². The Morgan fingerprint density at radius 2 is 1.82 bits per heavy atom. The number of phenols is 1. The van der Waals surface area contributed by atoms with Gasteiger partial charge < -0.3 is 10.4 Å². The largest absolute Gasteiger partial charge is 0.508 e. The second-order valence-electron chi connectivity index (χ2n) is 4.98. The van der Waals surface area contributed by atoms with Crippen LogP contribution in [0.3, 0.4) is 0 Å². The summed E-state index contributed by atoms with van der Waals surface area (Å²) < 4.78 is 0. The standard InChI is InChI=1S/C18H15NO2S/c20-16-11-14(9-13-5-2-1-3-6-13)10-15(12-16)19-18(21)17-7-4-8-22-17/h1-8,10-12,20H,9H2,(H,19,21). The number of hydrogen-bond acceptors (Lipinski definition) is 3. The molecule has 0 aliphatic rings. The lowest BCUT2D eigenvalue weighted by atomic mass is 10.0. The normalized spacial score (nSPS) is 10.4. The second-order valence-corrected chi connectivity index (χ2v) is 5.93. The van der Waals surface area contributed by atoms with Crippen LogP contribution in [0.25, 0.3) is 0 Å². The molecule has 0 spiro atoms. The fourth-order valence-electron chi connectivity index (χ4n) is 2.28. The van der Waals surface area contributed by atoms with E-state index in [0.29, 0.717) is 17.0 Å². The van der Waals surface area contributed by atoms with Crippen LogP contribution in [0.15, 0.2) is 66.0 Å². The van der Waals surface area contributed by atoms with Crippen LogP contribution in [-0.4, -0.2) is 11.0 Å². The van der Waals surface area contributed by atoms with E-state index in [9.17, 15) is 9.90 Å². The SMILES string of the molecule is O=C(Nc1cc(O)cc(Cc2ccccc2)c1)c1cccs1. The van der Waals surface area contributed by atoms with Gasteiger partial charge in [-0.15, -0.1) is 11.3 Å². The Hall–Kier alpha value is -2.59. The number of rotatable bonds is 4. The van der Waals surface area contributed by atoms with Crippen LogP contribution in [-0.2, 0) is 6.42 Å². The number of carbonyl (C=O) groups excluding carboxylic acids is 1. The maximum Gasteiger partial charge on any atom is 0.265 e. The topological polar surface area (TPSA) is 49.3 Å². The average molecular weight is 309 g/mol. The molecule has 3 nitrogen and oxygen atoms in total. The van der Waals surface area contributed by atoms with Gasteiger partial charge in [-0.3, -0.25) is 4.79 Å². The number of hydrogen-bond donors (Lipinski definition) is 2. The number of thiophene rings is 1. The third-order valence-electron chi connectivity index (χ3n) is 3.23. The number of aromatic hydroxyl groups is 1. The third kappa shape index (κ3) is 3.54. The van der Waals surface area contributed by atoms with Gasteiger partial charge in [0.25, 0.3) is 5.91 Å². The number of amides is 1. The average Bonchev–Trinajstić information content (AvgIpc) is 3.02.